The smallest absolute Gasteiger partial charge is 0.243 e. The summed E-state index contributed by atoms with van der Waals surface area (Å²) in [4.78, 5) is 15.4. The standard InChI is InChI=1S/C26H35N3O3S/c1-5-6-16-29(33(31,32)25-14-13-22-10-7-8-11-23(22)17-25)20-26(30)28(18-21(2)3)19-24-12-9-15-27(24)4/h7-15,17,21H,5-6,16,18-20H2,1-4H3. The van der Waals surface area contributed by atoms with Crippen molar-refractivity contribution >= 4 is 26.7 Å². The zero-order valence-corrected chi connectivity index (χ0v) is 20.9. The van der Waals surface area contributed by atoms with Crippen molar-refractivity contribution in [2.24, 2.45) is 13.0 Å². The van der Waals surface area contributed by atoms with E-state index in [1.54, 1.807) is 17.0 Å². The number of amides is 1. The van der Waals surface area contributed by atoms with Crippen molar-refractivity contribution in [1.29, 1.82) is 0 Å². The summed E-state index contributed by atoms with van der Waals surface area (Å²) in [5, 5.41) is 1.85. The number of hydrogen-bond acceptors (Lipinski definition) is 3. The number of aryl methyl sites for hydroxylation is 1. The second kappa shape index (κ2) is 11.0. The average molecular weight is 470 g/mol. The highest BCUT2D eigenvalue weighted by atomic mass is 32.2. The SMILES string of the molecule is CCCCN(CC(=O)N(Cc1cccn1C)CC(C)C)S(=O)(=O)c1ccc2ccccc2c1. The first-order valence-electron chi connectivity index (χ1n) is 11.6. The molecule has 2 aromatic carbocycles. The maximum Gasteiger partial charge on any atom is 0.243 e. The lowest BCUT2D eigenvalue weighted by Crippen LogP contribution is -2.44. The Hall–Kier alpha value is -2.64. The monoisotopic (exact) mass is 469 g/mol. The summed E-state index contributed by atoms with van der Waals surface area (Å²) in [7, 11) is -1.86. The van der Waals surface area contributed by atoms with Crippen LogP contribution in [0.25, 0.3) is 10.8 Å². The van der Waals surface area contributed by atoms with E-state index in [4.69, 9.17) is 0 Å². The number of sulfonamides is 1. The van der Waals surface area contributed by atoms with Crippen LogP contribution in [0, 0.1) is 5.92 Å². The van der Waals surface area contributed by atoms with Crippen LogP contribution in [0.3, 0.4) is 0 Å². The van der Waals surface area contributed by atoms with Gasteiger partial charge >= 0.3 is 0 Å². The van der Waals surface area contributed by atoms with Gasteiger partial charge in [-0.2, -0.15) is 4.31 Å². The van der Waals surface area contributed by atoms with Gasteiger partial charge < -0.3 is 9.47 Å². The molecule has 0 unspecified atom stereocenters. The molecule has 0 aliphatic carbocycles. The van der Waals surface area contributed by atoms with E-state index < -0.39 is 10.0 Å². The topological polar surface area (TPSA) is 62.6 Å². The van der Waals surface area contributed by atoms with Crippen molar-refractivity contribution < 1.29 is 13.2 Å². The number of benzene rings is 2. The molecule has 7 heteroatoms. The lowest BCUT2D eigenvalue weighted by Gasteiger charge is -2.28. The Labute approximate surface area is 197 Å². The lowest BCUT2D eigenvalue weighted by molar-refractivity contribution is -0.132. The Kier molecular flexibility index (Phi) is 8.32. The summed E-state index contributed by atoms with van der Waals surface area (Å²) in [6, 6.07) is 16.8. The molecule has 3 aromatic rings. The van der Waals surface area contributed by atoms with Gasteiger partial charge in [-0.25, -0.2) is 8.42 Å². The van der Waals surface area contributed by atoms with Crippen LogP contribution in [-0.4, -0.2) is 47.7 Å². The maximum atomic E-state index is 13.6. The highest BCUT2D eigenvalue weighted by Gasteiger charge is 2.29. The normalized spacial score (nSPS) is 12.1. The molecule has 0 saturated heterocycles. The predicted molar refractivity (Wildman–Crippen MR) is 133 cm³/mol. The first-order valence-corrected chi connectivity index (χ1v) is 13.0. The third-order valence-corrected chi connectivity index (χ3v) is 7.61. The van der Waals surface area contributed by atoms with Gasteiger partial charge in [0.25, 0.3) is 0 Å². The van der Waals surface area contributed by atoms with Crippen molar-refractivity contribution in [3.8, 4) is 0 Å². The van der Waals surface area contributed by atoms with Crippen molar-refractivity contribution in [2.45, 2.75) is 45.1 Å². The third kappa shape index (κ3) is 6.24. The van der Waals surface area contributed by atoms with Gasteiger partial charge in [-0.15, -0.1) is 0 Å². The molecular formula is C26H35N3O3S. The Morgan fingerprint density at radius 3 is 2.39 bits per heavy atom. The molecule has 33 heavy (non-hydrogen) atoms. The van der Waals surface area contributed by atoms with Crippen molar-refractivity contribution in [3.63, 3.8) is 0 Å². The van der Waals surface area contributed by atoms with E-state index in [2.05, 4.69) is 13.8 Å². The van der Waals surface area contributed by atoms with Crippen LogP contribution < -0.4 is 0 Å². The van der Waals surface area contributed by atoms with Crippen LogP contribution in [0.15, 0.2) is 65.7 Å². The molecular weight excluding hydrogens is 434 g/mol. The number of fused-ring (bicyclic) bond motifs is 1. The lowest BCUT2D eigenvalue weighted by atomic mass is 10.1. The van der Waals surface area contributed by atoms with Crippen LogP contribution in [0.2, 0.25) is 0 Å². The predicted octanol–water partition coefficient (Wildman–Crippen LogP) is 4.65. The van der Waals surface area contributed by atoms with Crippen LogP contribution in [0.5, 0.6) is 0 Å². The molecule has 178 valence electrons. The Morgan fingerprint density at radius 2 is 1.76 bits per heavy atom. The van der Waals surface area contributed by atoms with E-state index in [-0.39, 0.29) is 23.3 Å². The fourth-order valence-corrected chi connectivity index (χ4v) is 5.36. The molecule has 1 heterocycles. The Balaban J connectivity index is 1.88. The molecule has 1 aromatic heterocycles. The van der Waals surface area contributed by atoms with E-state index in [1.807, 2.05) is 67.2 Å². The van der Waals surface area contributed by atoms with Gasteiger partial charge in [0.15, 0.2) is 0 Å². The minimum atomic E-state index is -3.81. The quantitative estimate of drug-likeness (QED) is 0.411. The van der Waals surface area contributed by atoms with E-state index >= 15 is 0 Å². The number of hydrogen-bond donors (Lipinski definition) is 0. The van der Waals surface area contributed by atoms with E-state index in [9.17, 15) is 13.2 Å². The number of carbonyl (C=O) groups excluding carboxylic acids is 1. The van der Waals surface area contributed by atoms with E-state index in [0.29, 0.717) is 26.1 Å². The second-order valence-corrected chi connectivity index (χ2v) is 10.9. The molecule has 0 aliphatic rings. The second-order valence-electron chi connectivity index (χ2n) is 8.98. The zero-order chi connectivity index (χ0) is 24.0. The van der Waals surface area contributed by atoms with Crippen LogP contribution >= 0.6 is 0 Å². The van der Waals surface area contributed by atoms with Gasteiger partial charge in [0.2, 0.25) is 15.9 Å². The summed E-state index contributed by atoms with van der Waals surface area (Å²) in [6.07, 6.45) is 3.49. The molecule has 0 saturated carbocycles. The molecule has 0 N–H and O–H groups in total. The van der Waals surface area contributed by atoms with E-state index in [1.165, 1.54) is 4.31 Å². The summed E-state index contributed by atoms with van der Waals surface area (Å²) < 4.78 is 30.5. The maximum absolute atomic E-state index is 13.6. The molecule has 3 rings (SSSR count). The third-order valence-electron chi connectivity index (χ3n) is 5.77. The summed E-state index contributed by atoms with van der Waals surface area (Å²) in [5.41, 5.74) is 1.02. The number of carbonyl (C=O) groups is 1. The largest absolute Gasteiger partial charge is 0.353 e. The number of nitrogens with zero attached hydrogens (tertiary/aromatic N) is 3. The molecule has 0 fully saturated rings. The van der Waals surface area contributed by atoms with Crippen LogP contribution in [0.1, 0.15) is 39.3 Å². The van der Waals surface area contributed by atoms with E-state index in [0.717, 1.165) is 22.9 Å². The van der Waals surface area contributed by atoms with Gasteiger partial charge in [-0.1, -0.05) is 57.5 Å². The summed E-state index contributed by atoms with van der Waals surface area (Å²) >= 11 is 0. The van der Waals surface area contributed by atoms with Crippen LogP contribution in [0.4, 0.5) is 0 Å². The summed E-state index contributed by atoms with van der Waals surface area (Å²) in [5.74, 6) is 0.0979. The fraction of sp³-hybridized carbons (Fsp3) is 0.423. The van der Waals surface area contributed by atoms with Crippen molar-refractivity contribution in [3.05, 3.63) is 66.5 Å². The average Bonchev–Trinajstić information content (AvgIpc) is 3.19. The summed E-state index contributed by atoms with van der Waals surface area (Å²) in [6.45, 7) is 7.32. The molecule has 1 amide bonds. The van der Waals surface area contributed by atoms with Gasteiger partial charge in [-0.05, 0) is 47.4 Å². The van der Waals surface area contributed by atoms with Crippen LogP contribution in [-0.2, 0) is 28.4 Å². The highest BCUT2D eigenvalue weighted by Crippen LogP contribution is 2.23. The molecule has 0 bridgehead atoms. The van der Waals surface area contributed by atoms with Gasteiger partial charge in [0.05, 0.1) is 18.0 Å². The molecule has 0 aliphatic heterocycles. The molecule has 0 spiro atoms. The van der Waals surface area contributed by atoms with Gasteiger partial charge in [0.1, 0.15) is 0 Å². The first kappa shape index (κ1) is 25.0. The molecule has 6 nitrogen and oxygen atoms in total. The Morgan fingerprint density at radius 1 is 1.03 bits per heavy atom. The number of unbranched alkanes of at least 4 members (excludes halogenated alkanes) is 1. The van der Waals surface area contributed by atoms with Crippen molar-refractivity contribution in [1.82, 2.24) is 13.8 Å². The highest BCUT2D eigenvalue weighted by molar-refractivity contribution is 7.89. The minimum Gasteiger partial charge on any atom is -0.353 e. The first-order chi connectivity index (χ1) is 15.7. The molecule has 0 radical (unpaired) electrons. The Bertz CT molecular complexity index is 1180. The fourth-order valence-electron chi connectivity index (χ4n) is 3.90. The minimum absolute atomic E-state index is 0.160. The van der Waals surface area contributed by atoms with Gasteiger partial charge in [0, 0.05) is 32.0 Å². The zero-order valence-electron chi connectivity index (χ0n) is 20.1. The van der Waals surface area contributed by atoms with Crippen molar-refractivity contribution in [2.75, 3.05) is 19.6 Å². The number of rotatable bonds is 11. The van der Waals surface area contributed by atoms with Gasteiger partial charge in [-0.3, -0.25) is 4.79 Å². The number of aromatic nitrogens is 1. The molecule has 0 atom stereocenters.